The molecule has 1 aliphatic rings. The number of fused-ring (bicyclic) bond motifs is 1. The number of carbonyl (C=O) groups is 1. The van der Waals surface area contributed by atoms with Gasteiger partial charge in [-0.2, -0.15) is 4.98 Å². The summed E-state index contributed by atoms with van der Waals surface area (Å²) in [5.41, 5.74) is 3.50. The average molecular weight is 383 g/mol. The molecule has 0 spiro atoms. The number of carbonyl (C=O) groups excluding carboxylic acids is 1. The van der Waals surface area contributed by atoms with Crippen molar-refractivity contribution in [1.29, 1.82) is 0 Å². The predicted molar refractivity (Wildman–Crippen MR) is 103 cm³/mol. The van der Waals surface area contributed by atoms with Gasteiger partial charge < -0.3 is 19.0 Å². The third-order valence-corrected chi connectivity index (χ3v) is 5.53. The number of rotatable bonds is 5. The normalized spacial score (nSPS) is 16.6. The number of nitrogens with one attached hydrogen (secondary N) is 1. The van der Waals surface area contributed by atoms with Crippen LogP contribution in [-0.4, -0.2) is 29.3 Å². The van der Waals surface area contributed by atoms with Crippen LogP contribution in [0.15, 0.2) is 33.7 Å². The van der Waals surface area contributed by atoms with Gasteiger partial charge in [-0.15, -0.1) is 0 Å². The minimum Gasteiger partial charge on any atom is -0.464 e. The third kappa shape index (κ3) is 3.42. The Kier molecular flexibility index (Phi) is 4.93. The molecule has 7 nitrogen and oxygen atoms in total. The summed E-state index contributed by atoms with van der Waals surface area (Å²) in [5.74, 6) is 0.810. The molecule has 1 saturated heterocycles. The van der Waals surface area contributed by atoms with Crippen molar-refractivity contribution in [3.8, 4) is 0 Å². The van der Waals surface area contributed by atoms with Gasteiger partial charge in [0.1, 0.15) is 11.1 Å². The molecule has 0 bridgehead atoms. The van der Waals surface area contributed by atoms with E-state index in [1.54, 1.807) is 6.26 Å². The average Bonchev–Trinajstić information content (AvgIpc) is 3.32. The zero-order chi connectivity index (χ0) is 19.7. The van der Waals surface area contributed by atoms with Crippen molar-refractivity contribution in [2.45, 2.75) is 51.5 Å². The molecule has 2 aromatic heterocycles. The fourth-order valence-electron chi connectivity index (χ4n) is 3.99. The Hall–Kier alpha value is -2.67. The molecule has 1 aromatic carbocycles. The topological polar surface area (TPSA) is 90.4 Å². The number of hydrogen-bond donors (Lipinski definition) is 1. The molecule has 7 heteroatoms. The van der Waals surface area contributed by atoms with Gasteiger partial charge in [-0.05, 0) is 36.1 Å². The minimum absolute atomic E-state index is 0.0962. The molecule has 0 unspecified atom stereocenters. The van der Waals surface area contributed by atoms with Crippen molar-refractivity contribution in [1.82, 2.24) is 15.5 Å². The van der Waals surface area contributed by atoms with E-state index in [4.69, 9.17) is 13.7 Å². The minimum atomic E-state index is -0.651. The van der Waals surface area contributed by atoms with E-state index in [0.29, 0.717) is 37.8 Å². The fourth-order valence-corrected chi connectivity index (χ4v) is 3.99. The quantitative estimate of drug-likeness (QED) is 0.724. The van der Waals surface area contributed by atoms with Crippen LogP contribution in [-0.2, 0) is 21.5 Å². The smallest absolute Gasteiger partial charge is 0.225 e. The van der Waals surface area contributed by atoms with Crippen molar-refractivity contribution in [2.24, 2.45) is 0 Å². The van der Waals surface area contributed by atoms with Crippen molar-refractivity contribution >= 4 is 16.9 Å². The van der Waals surface area contributed by atoms with E-state index < -0.39 is 5.54 Å². The predicted octanol–water partition coefficient (Wildman–Crippen LogP) is 3.61. The van der Waals surface area contributed by atoms with Gasteiger partial charge >= 0.3 is 0 Å². The van der Waals surface area contributed by atoms with Crippen LogP contribution >= 0.6 is 0 Å². The molecule has 1 fully saturated rings. The summed E-state index contributed by atoms with van der Waals surface area (Å²) < 4.78 is 16.1. The fraction of sp³-hybridized carbons (Fsp3) is 0.476. The molecule has 4 rings (SSSR count). The highest BCUT2D eigenvalue weighted by atomic mass is 16.5. The first kappa shape index (κ1) is 18.7. The molecular formula is C21H25N3O4. The molecular weight excluding hydrogens is 358 g/mol. The zero-order valence-electron chi connectivity index (χ0n) is 16.4. The SMILES string of the molecule is Cc1cc2occ(CC(=O)NC3(c4ncon4)CCOCC3)c2cc1C(C)C. The first-order valence-corrected chi connectivity index (χ1v) is 9.65. The molecule has 28 heavy (non-hydrogen) atoms. The number of aromatic nitrogens is 2. The van der Waals surface area contributed by atoms with Gasteiger partial charge in [-0.1, -0.05) is 19.0 Å². The van der Waals surface area contributed by atoms with Gasteiger partial charge in [-0.25, -0.2) is 0 Å². The number of benzene rings is 1. The second kappa shape index (κ2) is 7.39. The van der Waals surface area contributed by atoms with Crippen LogP contribution in [0.5, 0.6) is 0 Å². The van der Waals surface area contributed by atoms with Gasteiger partial charge in [0.15, 0.2) is 5.82 Å². The van der Waals surface area contributed by atoms with Gasteiger partial charge in [-0.3, -0.25) is 4.79 Å². The van der Waals surface area contributed by atoms with E-state index in [1.807, 2.05) is 6.07 Å². The molecule has 3 heterocycles. The van der Waals surface area contributed by atoms with Crippen LogP contribution in [0.1, 0.15) is 55.1 Å². The summed E-state index contributed by atoms with van der Waals surface area (Å²) in [7, 11) is 0. The van der Waals surface area contributed by atoms with E-state index >= 15 is 0 Å². The number of ether oxygens (including phenoxy) is 1. The summed E-state index contributed by atoms with van der Waals surface area (Å²) in [6.07, 6.45) is 4.42. The molecule has 0 aliphatic carbocycles. The van der Waals surface area contributed by atoms with E-state index in [9.17, 15) is 4.79 Å². The maximum absolute atomic E-state index is 12.9. The van der Waals surface area contributed by atoms with Crippen molar-refractivity contribution in [2.75, 3.05) is 13.2 Å². The van der Waals surface area contributed by atoms with E-state index in [0.717, 1.165) is 16.5 Å². The Morgan fingerprint density at radius 3 is 2.75 bits per heavy atom. The monoisotopic (exact) mass is 383 g/mol. The Bertz CT molecular complexity index is 969. The molecule has 1 aliphatic heterocycles. The molecule has 1 N–H and O–H groups in total. The number of aryl methyl sites for hydroxylation is 1. The largest absolute Gasteiger partial charge is 0.464 e. The summed E-state index contributed by atoms with van der Waals surface area (Å²) in [5, 5.41) is 8.11. The Labute approximate surface area is 163 Å². The van der Waals surface area contributed by atoms with Crippen molar-refractivity contribution < 1.29 is 18.5 Å². The van der Waals surface area contributed by atoms with Gasteiger partial charge in [0.05, 0.1) is 12.7 Å². The highest BCUT2D eigenvalue weighted by Gasteiger charge is 2.39. The highest BCUT2D eigenvalue weighted by Crippen LogP contribution is 2.31. The van der Waals surface area contributed by atoms with E-state index in [-0.39, 0.29) is 12.3 Å². The number of furan rings is 1. The molecule has 0 saturated carbocycles. The van der Waals surface area contributed by atoms with Gasteiger partial charge in [0.2, 0.25) is 12.3 Å². The standard InChI is InChI=1S/C21H25N3O4/c1-13(2)16-10-17-15(11-27-18(17)8-14(16)3)9-19(25)23-21(4-6-26-7-5-21)20-22-12-28-24-20/h8,10-13H,4-7,9H2,1-3H3,(H,23,25). The summed E-state index contributed by atoms with van der Waals surface area (Å²) in [6, 6.07) is 4.19. The molecule has 148 valence electrons. The lowest BCUT2D eigenvalue weighted by atomic mass is 9.88. The van der Waals surface area contributed by atoms with Gasteiger partial charge in [0, 0.05) is 37.0 Å². The molecule has 3 aromatic rings. The Morgan fingerprint density at radius 2 is 2.07 bits per heavy atom. The van der Waals surface area contributed by atoms with E-state index in [2.05, 4.69) is 42.3 Å². The van der Waals surface area contributed by atoms with Crippen molar-refractivity contribution in [3.63, 3.8) is 0 Å². The maximum atomic E-state index is 12.9. The lowest BCUT2D eigenvalue weighted by molar-refractivity contribution is -0.124. The number of nitrogens with zero attached hydrogens (tertiary/aromatic N) is 2. The molecule has 1 amide bonds. The van der Waals surface area contributed by atoms with Crippen LogP contribution in [0.25, 0.3) is 11.0 Å². The Morgan fingerprint density at radius 1 is 1.29 bits per heavy atom. The van der Waals surface area contributed by atoms with Crippen LogP contribution in [0.4, 0.5) is 0 Å². The van der Waals surface area contributed by atoms with E-state index in [1.165, 1.54) is 17.5 Å². The summed E-state index contributed by atoms with van der Waals surface area (Å²) in [6.45, 7) is 7.51. The van der Waals surface area contributed by atoms with Crippen LogP contribution in [0, 0.1) is 6.92 Å². The molecule has 0 atom stereocenters. The van der Waals surface area contributed by atoms with Crippen LogP contribution in [0.2, 0.25) is 0 Å². The van der Waals surface area contributed by atoms with Crippen LogP contribution in [0.3, 0.4) is 0 Å². The lowest BCUT2D eigenvalue weighted by Gasteiger charge is -2.35. The zero-order valence-corrected chi connectivity index (χ0v) is 16.4. The maximum Gasteiger partial charge on any atom is 0.225 e. The highest BCUT2D eigenvalue weighted by molar-refractivity contribution is 5.88. The third-order valence-electron chi connectivity index (χ3n) is 5.53. The van der Waals surface area contributed by atoms with Crippen molar-refractivity contribution in [3.05, 3.63) is 47.3 Å². The molecule has 0 radical (unpaired) electrons. The lowest BCUT2D eigenvalue weighted by Crippen LogP contribution is -2.50. The number of hydrogen-bond acceptors (Lipinski definition) is 6. The van der Waals surface area contributed by atoms with Crippen LogP contribution < -0.4 is 5.32 Å². The first-order chi connectivity index (χ1) is 13.5. The second-order valence-electron chi connectivity index (χ2n) is 7.79. The number of amides is 1. The van der Waals surface area contributed by atoms with Gasteiger partial charge in [0.25, 0.3) is 0 Å². The Balaban J connectivity index is 1.59. The summed E-state index contributed by atoms with van der Waals surface area (Å²) in [4.78, 5) is 17.1. The first-order valence-electron chi connectivity index (χ1n) is 9.65. The second-order valence-corrected chi connectivity index (χ2v) is 7.79. The summed E-state index contributed by atoms with van der Waals surface area (Å²) >= 11 is 0.